The second kappa shape index (κ2) is 16.5. The minimum atomic E-state index is -0.286. The summed E-state index contributed by atoms with van der Waals surface area (Å²) in [5.41, 5.74) is 15.7. The number of aromatic nitrogens is 1. The number of rotatable bonds is 7. The molecule has 9 aromatic carbocycles. The zero-order valence-electron chi connectivity index (χ0n) is 37.9. The van der Waals surface area contributed by atoms with Crippen LogP contribution in [0.2, 0.25) is 0 Å². The van der Waals surface area contributed by atoms with Gasteiger partial charge in [0.2, 0.25) is 0 Å². The van der Waals surface area contributed by atoms with Gasteiger partial charge in [-0.25, -0.2) is 15.0 Å². The van der Waals surface area contributed by atoms with E-state index in [1.54, 1.807) is 0 Å². The van der Waals surface area contributed by atoms with Gasteiger partial charge in [0.05, 0.1) is 11.2 Å². The van der Waals surface area contributed by atoms with Gasteiger partial charge in [0.15, 0.2) is 5.84 Å². The van der Waals surface area contributed by atoms with Crippen LogP contribution < -0.4 is 5.32 Å². The molecule has 1 aliphatic carbocycles. The van der Waals surface area contributed by atoms with Crippen molar-refractivity contribution in [2.45, 2.75) is 19.0 Å². The molecule has 330 valence electrons. The predicted octanol–water partition coefficient (Wildman–Crippen LogP) is 16.5. The lowest BCUT2D eigenvalue weighted by Crippen LogP contribution is -2.33. The topological polar surface area (TPSA) is 62.8 Å². The first-order chi connectivity index (χ1) is 34.7. The monoisotopic (exact) mass is 914 g/mol. The highest BCUT2D eigenvalue weighted by Gasteiger charge is 2.25. The Hall–Kier alpha value is -8.71. The summed E-state index contributed by atoms with van der Waals surface area (Å²) in [5, 5.41) is 10.7. The fourth-order valence-corrected chi connectivity index (χ4v) is 11.9. The first-order valence-corrected chi connectivity index (χ1v) is 24.7. The maximum absolute atomic E-state index is 6.89. The Morgan fingerprint density at radius 2 is 1.17 bits per heavy atom. The third-order valence-electron chi connectivity index (χ3n) is 14.0. The summed E-state index contributed by atoms with van der Waals surface area (Å²) < 4.78 is 9.46. The highest BCUT2D eigenvalue weighted by atomic mass is 32.1. The zero-order valence-corrected chi connectivity index (χ0v) is 38.8. The van der Waals surface area contributed by atoms with Crippen LogP contribution in [0, 0.1) is 0 Å². The fraction of sp³-hybridized carbons (Fsp3) is 0.0469. The van der Waals surface area contributed by atoms with E-state index in [2.05, 4.69) is 187 Å². The molecule has 1 unspecified atom stereocenters. The Morgan fingerprint density at radius 3 is 2.00 bits per heavy atom. The summed E-state index contributed by atoms with van der Waals surface area (Å²) in [6.45, 7) is 0. The van der Waals surface area contributed by atoms with Crippen LogP contribution in [0.25, 0.3) is 98.0 Å². The van der Waals surface area contributed by atoms with Crippen LogP contribution in [-0.4, -0.2) is 16.7 Å². The number of nitrogens with one attached hydrogen (secondary N) is 1. The standard InChI is InChI=1S/C64H42N4OS/c1-4-15-40(16-5-1)59-51-35-34-49-53-38-45(33-36-55(53)69-60(49)58(51)50-23-10-11-27-54(50)65-59)44-21-12-22-46(37-44)48-25-13-26-52-57-47(24-14-28-56(57)70-61(48)52)39-29-31-43(32-30-39)64-67-62(41-17-6-2-7-18-41)66-63(68-64)42-19-8-3-9-20-42/h1-32,34-35,37-38,64H,33,36H2,(H,66,67,68). The third-order valence-corrected chi connectivity index (χ3v) is 15.3. The van der Waals surface area contributed by atoms with Crippen molar-refractivity contribution < 1.29 is 4.42 Å². The number of nitrogens with zero attached hydrogens (tertiary/aromatic N) is 3. The summed E-state index contributed by atoms with van der Waals surface area (Å²) >= 11 is 1.88. The van der Waals surface area contributed by atoms with Gasteiger partial charge in [0.1, 0.15) is 23.3 Å². The van der Waals surface area contributed by atoms with Gasteiger partial charge < -0.3 is 9.73 Å². The van der Waals surface area contributed by atoms with E-state index >= 15 is 0 Å². The van der Waals surface area contributed by atoms with E-state index in [4.69, 9.17) is 19.4 Å². The van der Waals surface area contributed by atoms with E-state index in [0.717, 1.165) is 90.9 Å². The molecule has 0 fully saturated rings. The van der Waals surface area contributed by atoms with Gasteiger partial charge in [-0.05, 0) is 75.7 Å². The molecule has 0 radical (unpaired) electrons. The number of amidine groups is 2. The number of allylic oxidation sites excluding steroid dienone is 1. The maximum Gasteiger partial charge on any atom is 0.159 e. The predicted molar refractivity (Wildman–Crippen MR) is 293 cm³/mol. The van der Waals surface area contributed by atoms with Crippen molar-refractivity contribution in [1.29, 1.82) is 0 Å². The van der Waals surface area contributed by atoms with Crippen LogP contribution in [-0.2, 0) is 6.42 Å². The number of furan rings is 1. The summed E-state index contributed by atoms with van der Waals surface area (Å²) in [4.78, 5) is 15.3. The van der Waals surface area contributed by atoms with E-state index in [-0.39, 0.29) is 6.17 Å². The van der Waals surface area contributed by atoms with Gasteiger partial charge in [-0.1, -0.05) is 188 Å². The number of thiophene rings is 1. The number of pyridine rings is 1. The normalized spacial score (nSPS) is 14.7. The molecule has 0 bridgehead atoms. The average molecular weight is 915 g/mol. The molecule has 5 nitrogen and oxygen atoms in total. The maximum atomic E-state index is 6.89. The fourth-order valence-electron chi connectivity index (χ4n) is 10.7. The number of aliphatic imine (C=N–C) groups is 2. The molecule has 0 saturated carbocycles. The molecule has 0 spiro atoms. The lowest BCUT2D eigenvalue weighted by molar-refractivity contribution is 0.550. The second-order valence-electron chi connectivity index (χ2n) is 18.2. The molecule has 12 aromatic rings. The average Bonchev–Trinajstić information content (AvgIpc) is 4.02. The number of benzene rings is 9. The molecule has 1 N–H and O–H groups in total. The number of hydrogen-bond donors (Lipinski definition) is 1. The summed E-state index contributed by atoms with van der Waals surface area (Å²) in [6.07, 6.45) is 3.84. The molecule has 6 heteroatoms. The van der Waals surface area contributed by atoms with Gasteiger partial charge in [-0.3, -0.25) is 0 Å². The van der Waals surface area contributed by atoms with Crippen molar-refractivity contribution in [2.24, 2.45) is 9.98 Å². The second-order valence-corrected chi connectivity index (χ2v) is 19.2. The van der Waals surface area contributed by atoms with E-state index in [1.165, 1.54) is 59.1 Å². The largest absolute Gasteiger partial charge is 0.460 e. The van der Waals surface area contributed by atoms with Crippen molar-refractivity contribution in [1.82, 2.24) is 10.3 Å². The molecule has 0 saturated heterocycles. The summed E-state index contributed by atoms with van der Waals surface area (Å²) in [6, 6.07) is 75.4. The van der Waals surface area contributed by atoms with Gasteiger partial charge in [-0.15, -0.1) is 11.3 Å². The Morgan fingerprint density at radius 1 is 0.500 bits per heavy atom. The Labute approximate surface area is 408 Å². The molecule has 0 amide bonds. The number of para-hydroxylation sites is 1. The van der Waals surface area contributed by atoms with E-state index in [9.17, 15) is 0 Å². The van der Waals surface area contributed by atoms with Crippen LogP contribution in [0.15, 0.2) is 227 Å². The van der Waals surface area contributed by atoms with Crippen molar-refractivity contribution >= 4 is 87.5 Å². The van der Waals surface area contributed by atoms with E-state index in [0.29, 0.717) is 0 Å². The molecular weight excluding hydrogens is 873 g/mol. The highest BCUT2D eigenvalue weighted by Crippen LogP contribution is 2.46. The number of fused-ring (bicyclic) bond motifs is 10. The molecule has 1 atom stereocenters. The van der Waals surface area contributed by atoms with Gasteiger partial charge >= 0.3 is 0 Å². The van der Waals surface area contributed by atoms with Gasteiger partial charge in [0.25, 0.3) is 0 Å². The third kappa shape index (κ3) is 6.79. The molecular formula is C64H42N4OS. The zero-order chi connectivity index (χ0) is 46.1. The highest BCUT2D eigenvalue weighted by molar-refractivity contribution is 7.26. The van der Waals surface area contributed by atoms with Crippen LogP contribution in [0.5, 0.6) is 0 Å². The van der Waals surface area contributed by atoms with Crippen molar-refractivity contribution in [2.75, 3.05) is 0 Å². The van der Waals surface area contributed by atoms with E-state index < -0.39 is 0 Å². The first kappa shape index (κ1) is 40.4. The van der Waals surface area contributed by atoms with Crippen LogP contribution in [0.3, 0.4) is 0 Å². The number of aryl methyl sites for hydroxylation is 1. The van der Waals surface area contributed by atoms with Crippen LogP contribution >= 0.6 is 11.3 Å². The minimum absolute atomic E-state index is 0.286. The van der Waals surface area contributed by atoms with Crippen molar-refractivity contribution in [3.63, 3.8) is 0 Å². The number of hydrogen-bond acceptors (Lipinski definition) is 6. The Bertz CT molecular complexity index is 4130. The van der Waals surface area contributed by atoms with Crippen molar-refractivity contribution in [3.8, 4) is 33.5 Å². The SMILES string of the molecule is C1=C(c2cccc(-c3cccc4c3sc3cccc(-c5ccc(C6N=C(c7ccccc7)N=C(c7ccccc7)N6)cc5)c34)c2)CCc2oc3c(ccc4c(-c5ccccc5)nc5ccccc5c43)c21. The molecule has 3 aromatic heterocycles. The lowest BCUT2D eigenvalue weighted by Gasteiger charge is -2.24. The Balaban J connectivity index is 0.808. The molecule has 70 heavy (non-hydrogen) atoms. The first-order valence-electron chi connectivity index (χ1n) is 23.9. The van der Waals surface area contributed by atoms with Crippen LogP contribution in [0.4, 0.5) is 0 Å². The molecule has 2 aliphatic rings. The molecule has 14 rings (SSSR count). The van der Waals surface area contributed by atoms with E-state index in [1.807, 2.05) is 47.7 Å². The Kier molecular flexibility index (Phi) is 9.52. The molecule has 4 heterocycles. The minimum Gasteiger partial charge on any atom is -0.460 e. The smallest absolute Gasteiger partial charge is 0.159 e. The van der Waals surface area contributed by atoms with Gasteiger partial charge in [-0.2, -0.15) is 0 Å². The van der Waals surface area contributed by atoms with Crippen LogP contribution in [0.1, 0.15) is 46.2 Å². The van der Waals surface area contributed by atoms with Gasteiger partial charge in [0, 0.05) is 70.4 Å². The van der Waals surface area contributed by atoms with Crippen molar-refractivity contribution in [3.05, 3.63) is 246 Å². The summed E-state index contributed by atoms with van der Waals surface area (Å²) in [7, 11) is 0. The summed E-state index contributed by atoms with van der Waals surface area (Å²) in [5.74, 6) is 2.58. The molecule has 1 aliphatic heterocycles. The quantitative estimate of drug-likeness (QED) is 0.162. The lowest BCUT2D eigenvalue weighted by atomic mass is 9.89.